The Morgan fingerprint density at radius 2 is 1.92 bits per heavy atom. The minimum Gasteiger partial charge on any atom is -0.465 e. The van der Waals surface area contributed by atoms with Crippen LogP contribution in [0.5, 0.6) is 0 Å². The molecule has 1 aliphatic rings. The number of aliphatic imine (C=N–C) groups is 1. The van der Waals surface area contributed by atoms with Crippen molar-refractivity contribution < 1.29 is 9.21 Å². The van der Waals surface area contributed by atoms with E-state index in [4.69, 9.17) is 16.0 Å². The zero-order valence-electron chi connectivity index (χ0n) is 14.0. The first-order chi connectivity index (χ1) is 12.6. The molecule has 0 fully saturated rings. The smallest absolute Gasteiger partial charge is 0.282 e. The predicted octanol–water partition coefficient (Wildman–Crippen LogP) is 5.08. The van der Waals surface area contributed by atoms with E-state index in [1.165, 1.54) is 0 Å². The summed E-state index contributed by atoms with van der Waals surface area (Å²) in [5.41, 5.74) is 2.80. The Morgan fingerprint density at radius 1 is 1.08 bits per heavy atom. The lowest BCUT2D eigenvalue weighted by atomic mass is 10.1. The lowest BCUT2D eigenvalue weighted by Gasteiger charge is -2.19. The molecule has 0 bridgehead atoms. The number of anilines is 1. The predicted molar refractivity (Wildman–Crippen MR) is 103 cm³/mol. The molecule has 128 valence electrons. The van der Waals surface area contributed by atoms with Crippen LogP contribution in [0.1, 0.15) is 16.9 Å². The average molecular weight is 363 g/mol. The molecule has 4 rings (SSSR count). The van der Waals surface area contributed by atoms with Crippen molar-refractivity contribution >= 4 is 35.1 Å². The maximum Gasteiger partial charge on any atom is 0.282 e. The van der Waals surface area contributed by atoms with Gasteiger partial charge in [0.2, 0.25) is 0 Å². The Morgan fingerprint density at radius 3 is 2.65 bits per heavy atom. The van der Waals surface area contributed by atoms with E-state index in [9.17, 15) is 4.79 Å². The molecule has 1 aromatic heterocycles. The van der Waals surface area contributed by atoms with Crippen molar-refractivity contribution in [1.29, 1.82) is 0 Å². The second-order valence-corrected chi connectivity index (χ2v) is 6.35. The number of halogens is 1. The van der Waals surface area contributed by atoms with Gasteiger partial charge in [0.1, 0.15) is 17.3 Å². The van der Waals surface area contributed by atoms with E-state index >= 15 is 0 Å². The summed E-state index contributed by atoms with van der Waals surface area (Å²) in [6.07, 6.45) is 3.19. The van der Waals surface area contributed by atoms with Crippen LogP contribution in [0.25, 0.3) is 6.08 Å². The van der Waals surface area contributed by atoms with Crippen molar-refractivity contribution in [2.45, 2.75) is 6.92 Å². The van der Waals surface area contributed by atoms with Crippen molar-refractivity contribution in [3.05, 3.63) is 94.5 Å². The highest BCUT2D eigenvalue weighted by Crippen LogP contribution is 2.30. The third-order valence-electron chi connectivity index (χ3n) is 4.06. The molecule has 0 atom stereocenters. The Hall–Kier alpha value is -3.11. The number of hydrogen-bond donors (Lipinski definition) is 0. The number of amidine groups is 1. The summed E-state index contributed by atoms with van der Waals surface area (Å²) in [6.45, 7) is 1.98. The topological polar surface area (TPSA) is 45.8 Å². The molecule has 4 nitrogen and oxygen atoms in total. The van der Waals surface area contributed by atoms with E-state index < -0.39 is 0 Å². The van der Waals surface area contributed by atoms with E-state index in [1.54, 1.807) is 35.4 Å². The van der Waals surface area contributed by atoms with E-state index in [2.05, 4.69) is 4.99 Å². The van der Waals surface area contributed by atoms with Crippen molar-refractivity contribution in [2.24, 2.45) is 4.99 Å². The molecule has 0 saturated carbocycles. The number of carbonyl (C=O) groups is 1. The Kier molecular flexibility index (Phi) is 4.19. The Bertz CT molecular complexity index is 1040. The largest absolute Gasteiger partial charge is 0.465 e. The van der Waals surface area contributed by atoms with Gasteiger partial charge in [0.05, 0.1) is 17.0 Å². The van der Waals surface area contributed by atoms with Crippen LogP contribution >= 0.6 is 11.6 Å². The molecule has 1 aliphatic heterocycles. The average Bonchev–Trinajstić information content (AvgIpc) is 3.24. The SMILES string of the molecule is Cc1cccc(N2C(=O)/C(=C\c3ccco3)N=C2c2ccccc2Cl)c1. The number of amides is 1. The minimum absolute atomic E-state index is 0.220. The normalized spacial score (nSPS) is 15.6. The molecule has 2 heterocycles. The molecule has 0 N–H and O–H groups in total. The fourth-order valence-corrected chi connectivity index (χ4v) is 3.07. The molecule has 26 heavy (non-hydrogen) atoms. The second-order valence-electron chi connectivity index (χ2n) is 5.94. The molecule has 0 radical (unpaired) electrons. The first kappa shape index (κ1) is 16.4. The fourth-order valence-electron chi connectivity index (χ4n) is 2.85. The summed E-state index contributed by atoms with van der Waals surface area (Å²) in [7, 11) is 0. The summed E-state index contributed by atoms with van der Waals surface area (Å²) in [5, 5.41) is 0.538. The van der Waals surface area contributed by atoms with Gasteiger partial charge in [-0.15, -0.1) is 0 Å². The molecule has 0 unspecified atom stereocenters. The van der Waals surface area contributed by atoms with Crippen LogP contribution in [-0.2, 0) is 4.79 Å². The maximum absolute atomic E-state index is 13.1. The van der Waals surface area contributed by atoms with Crippen LogP contribution < -0.4 is 4.90 Å². The van der Waals surface area contributed by atoms with Crippen molar-refractivity contribution in [1.82, 2.24) is 0 Å². The van der Waals surface area contributed by atoms with Crippen molar-refractivity contribution in [2.75, 3.05) is 4.90 Å². The van der Waals surface area contributed by atoms with Gasteiger partial charge in [0.15, 0.2) is 0 Å². The summed E-state index contributed by atoms with van der Waals surface area (Å²) >= 11 is 6.37. The number of hydrogen-bond acceptors (Lipinski definition) is 3. The van der Waals surface area contributed by atoms with Gasteiger partial charge in [0.25, 0.3) is 5.91 Å². The van der Waals surface area contributed by atoms with Crippen LogP contribution in [0.3, 0.4) is 0 Å². The third-order valence-corrected chi connectivity index (χ3v) is 4.39. The highest BCUT2D eigenvalue weighted by Gasteiger charge is 2.33. The number of furan rings is 1. The monoisotopic (exact) mass is 362 g/mol. The number of rotatable bonds is 3. The second kappa shape index (κ2) is 6.65. The summed E-state index contributed by atoms with van der Waals surface area (Å²) in [6, 6.07) is 18.6. The van der Waals surface area contributed by atoms with Crippen molar-refractivity contribution in [3.63, 3.8) is 0 Å². The zero-order chi connectivity index (χ0) is 18.1. The summed E-state index contributed by atoms with van der Waals surface area (Å²) < 4.78 is 5.33. The van der Waals surface area contributed by atoms with Gasteiger partial charge >= 0.3 is 0 Å². The molecule has 0 spiro atoms. The Labute approximate surface area is 156 Å². The van der Waals surface area contributed by atoms with E-state index in [0.717, 1.165) is 11.3 Å². The standard InChI is InChI=1S/C21H15ClN2O2/c1-14-6-4-7-15(12-14)24-20(17-9-2-3-10-18(17)22)23-19(21(24)25)13-16-8-5-11-26-16/h2-13H,1H3/b19-13+. The third kappa shape index (κ3) is 2.95. The highest BCUT2D eigenvalue weighted by molar-refractivity contribution is 6.39. The molecule has 0 saturated heterocycles. The molecule has 2 aromatic carbocycles. The number of benzene rings is 2. The molecule has 5 heteroatoms. The fraction of sp³-hybridized carbons (Fsp3) is 0.0476. The summed E-state index contributed by atoms with van der Waals surface area (Å²) in [5.74, 6) is 0.854. The van der Waals surface area contributed by atoms with Gasteiger partial charge in [-0.05, 0) is 48.9 Å². The maximum atomic E-state index is 13.1. The lowest BCUT2D eigenvalue weighted by Crippen LogP contribution is -2.32. The highest BCUT2D eigenvalue weighted by atomic mass is 35.5. The van der Waals surface area contributed by atoms with Gasteiger partial charge in [-0.2, -0.15) is 0 Å². The van der Waals surface area contributed by atoms with Gasteiger partial charge in [0, 0.05) is 11.6 Å². The molecule has 1 amide bonds. The minimum atomic E-state index is -0.220. The van der Waals surface area contributed by atoms with Gasteiger partial charge in [-0.1, -0.05) is 35.9 Å². The first-order valence-corrected chi connectivity index (χ1v) is 8.51. The van der Waals surface area contributed by atoms with Crippen LogP contribution in [-0.4, -0.2) is 11.7 Å². The lowest BCUT2D eigenvalue weighted by molar-refractivity contribution is -0.113. The van der Waals surface area contributed by atoms with Crippen LogP contribution in [0.15, 0.2) is 82.0 Å². The molecular formula is C21H15ClN2O2. The first-order valence-electron chi connectivity index (χ1n) is 8.13. The van der Waals surface area contributed by atoms with E-state index in [0.29, 0.717) is 27.9 Å². The van der Waals surface area contributed by atoms with Crippen LogP contribution in [0.2, 0.25) is 5.02 Å². The van der Waals surface area contributed by atoms with Crippen molar-refractivity contribution in [3.8, 4) is 0 Å². The number of carbonyl (C=O) groups excluding carboxylic acids is 1. The van der Waals surface area contributed by atoms with E-state index in [1.807, 2.05) is 49.4 Å². The van der Waals surface area contributed by atoms with Gasteiger partial charge < -0.3 is 4.42 Å². The van der Waals surface area contributed by atoms with E-state index in [-0.39, 0.29) is 5.91 Å². The van der Waals surface area contributed by atoms with Crippen LogP contribution in [0, 0.1) is 6.92 Å². The summed E-state index contributed by atoms with van der Waals surface area (Å²) in [4.78, 5) is 19.3. The zero-order valence-corrected chi connectivity index (χ0v) is 14.8. The van der Waals surface area contributed by atoms with Crippen LogP contribution in [0.4, 0.5) is 5.69 Å². The molecule has 3 aromatic rings. The molecular weight excluding hydrogens is 348 g/mol. The Balaban J connectivity index is 1.87. The number of nitrogens with zero attached hydrogens (tertiary/aromatic N) is 2. The quantitative estimate of drug-likeness (QED) is 0.610. The molecule has 0 aliphatic carbocycles. The number of aryl methyl sites for hydroxylation is 1. The van der Waals surface area contributed by atoms with Gasteiger partial charge in [-0.25, -0.2) is 4.99 Å². The van der Waals surface area contributed by atoms with Gasteiger partial charge in [-0.3, -0.25) is 9.69 Å².